The van der Waals surface area contributed by atoms with Crippen LogP contribution in [0.3, 0.4) is 0 Å². The van der Waals surface area contributed by atoms with Crippen LogP contribution in [0.15, 0.2) is 18.2 Å². The van der Waals surface area contributed by atoms with Gasteiger partial charge in [0.1, 0.15) is 11.9 Å². The number of imide groups is 1. The molecule has 2 aliphatic rings. The summed E-state index contributed by atoms with van der Waals surface area (Å²) in [7, 11) is 0. The number of H-pyrrole nitrogens is 1. The van der Waals surface area contributed by atoms with Crippen molar-refractivity contribution >= 4 is 28.9 Å². The third kappa shape index (κ3) is 3.14. The van der Waals surface area contributed by atoms with Gasteiger partial charge in [0, 0.05) is 19.0 Å². The number of aromatic amines is 1. The highest BCUT2D eigenvalue weighted by Crippen LogP contribution is 2.28. The number of benzene rings is 1. The van der Waals surface area contributed by atoms with Crippen LogP contribution >= 0.6 is 0 Å². The maximum Gasteiger partial charge on any atom is 0.322 e. The molecule has 1 unspecified atom stereocenters. The summed E-state index contributed by atoms with van der Waals surface area (Å²) < 4.78 is 0. The maximum atomic E-state index is 12.4. The van der Waals surface area contributed by atoms with Crippen LogP contribution in [0.4, 0.5) is 4.79 Å². The minimum absolute atomic E-state index is 0.00611. The number of aryl methyl sites for hydroxylation is 1. The molecule has 1 atom stereocenters. The predicted molar refractivity (Wildman–Crippen MR) is 94.5 cm³/mol. The Hall–Kier alpha value is -2.90. The minimum Gasteiger partial charge on any atom is -0.343 e. The van der Waals surface area contributed by atoms with Crippen LogP contribution in [0.5, 0.6) is 0 Å². The molecule has 1 aromatic heterocycles. The van der Waals surface area contributed by atoms with Gasteiger partial charge < -0.3 is 15.2 Å². The fourth-order valence-electron chi connectivity index (χ4n) is 3.65. The molecule has 0 spiro atoms. The summed E-state index contributed by atoms with van der Waals surface area (Å²) >= 11 is 0. The standard InChI is InChI=1S/C18H21N5O3/c1-10-2-3-12-13(8-10)20-16(19-12)11-4-6-23(7-5-11)15(24)9-14-17(25)22-18(26)21-14/h2-3,8,11,14H,4-7,9H2,1H3,(H,19,20)(H2,21,22,25,26). The van der Waals surface area contributed by atoms with E-state index in [1.54, 1.807) is 4.90 Å². The average molecular weight is 355 g/mol. The molecule has 0 aliphatic carbocycles. The number of nitrogens with zero attached hydrogens (tertiary/aromatic N) is 2. The molecule has 2 saturated heterocycles. The molecule has 136 valence electrons. The second-order valence-corrected chi connectivity index (χ2v) is 7.02. The number of nitrogens with one attached hydrogen (secondary N) is 3. The van der Waals surface area contributed by atoms with Gasteiger partial charge in [0.15, 0.2) is 0 Å². The number of imidazole rings is 1. The number of hydrogen-bond acceptors (Lipinski definition) is 4. The molecule has 8 heteroatoms. The van der Waals surface area contributed by atoms with E-state index < -0.39 is 18.0 Å². The van der Waals surface area contributed by atoms with Crippen LogP contribution in [0.25, 0.3) is 11.0 Å². The summed E-state index contributed by atoms with van der Waals surface area (Å²) in [5.41, 5.74) is 3.20. The van der Waals surface area contributed by atoms with E-state index in [0.29, 0.717) is 19.0 Å². The van der Waals surface area contributed by atoms with Crippen LogP contribution in [0.1, 0.15) is 36.6 Å². The Kier molecular flexibility index (Phi) is 4.10. The largest absolute Gasteiger partial charge is 0.343 e. The van der Waals surface area contributed by atoms with Crippen LogP contribution in [-0.2, 0) is 9.59 Å². The van der Waals surface area contributed by atoms with Gasteiger partial charge in [-0.05, 0) is 37.5 Å². The van der Waals surface area contributed by atoms with Gasteiger partial charge in [-0.15, -0.1) is 0 Å². The van der Waals surface area contributed by atoms with Crippen molar-refractivity contribution in [3.8, 4) is 0 Å². The fraction of sp³-hybridized carbons (Fsp3) is 0.444. The van der Waals surface area contributed by atoms with Gasteiger partial charge in [-0.2, -0.15) is 0 Å². The zero-order valence-electron chi connectivity index (χ0n) is 14.5. The van der Waals surface area contributed by atoms with Crippen molar-refractivity contribution in [2.75, 3.05) is 13.1 Å². The molecule has 4 rings (SSSR count). The Morgan fingerprint density at radius 2 is 2.04 bits per heavy atom. The number of urea groups is 1. The molecule has 0 radical (unpaired) electrons. The molecule has 26 heavy (non-hydrogen) atoms. The monoisotopic (exact) mass is 355 g/mol. The van der Waals surface area contributed by atoms with E-state index in [4.69, 9.17) is 0 Å². The molecule has 1 aromatic carbocycles. The Morgan fingerprint density at radius 1 is 1.27 bits per heavy atom. The van der Waals surface area contributed by atoms with Crippen LogP contribution in [0.2, 0.25) is 0 Å². The van der Waals surface area contributed by atoms with Crippen molar-refractivity contribution in [2.24, 2.45) is 0 Å². The lowest BCUT2D eigenvalue weighted by Gasteiger charge is -2.31. The number of hydrogen-bond donors (Lipinski definition) is 3. The topological polar surface area (TPSA) is 107 Å². The third-order valence-corrected chi connectivity index (χ3v) is 5.13. The van der Waals surface area contributed by atoms with Gasteiger partial charge in [-0.25, -0.2) is 9.78 Å². The van der Waals surface area contributed by atoms with Crippen molar-refractivity contribution in [1.82, 2.24) is 25.5 Å². The highest BCUT2D eigenvalue weighted by molar-refractivity contribution is 6.05. The Morgan fingerprint density at radius 3 is 2.73 bits per heavy atom. The first-order valence-corrected chi connectivity index (χ1v) is 8.85. The molecule has 2 aromatic rings. The van der Waals surface area contributed by atoms with E-state index in [0.717, 1.165) is 29.7 Å². The Bertz CT molecular complexity index is 882. The van der Waals surface area contributed by atoms with Crippen LogP contribution in [0, 0.1) is 6.92 Å². The fourth-order valence-corrected chi connectivity index (χ4v) is 3.65. The molecule has 3 heterocycles. The number of carbonyl (C=O) groups excluding carboxylic acids is 3. The zero-order chi connectivity index (χ0) is 18.3. The summed E-state index contributed by atoms with van der Waals surface area (Å²) in [5, 5.41) is 4.61. The lowest BCUT2D eigenvalue weighted by molar-refractivity contribution is -0.134. The van der Waals surface area contributed by atoms with E-state index in [9.17, 15) is 14.4 Å². The number of rotatable bonds is 3. The molecule has 4 amide bonds. The smallest absolute Gasteiger partial charge is 0.322 e. The van der Waals surface area contributed by atoms with Crippen molar-refractivity contribution in [3.05, 3.63) is 29.6 Å². The molecule has 2 fully saturated rings. The van der Waals surface area contributed by atoms with Crippen LogP contribution in [-0.4, -0.2) is 51.8 Å². The molecular formula is C18H21N5O3. The number of piperidine rings is 1. The van der Waals surface area contributed by atoms with Gasteiger partial charge in [-0.3, -0.25) is 14.9 Å². The van der Waals surface area contributed by atoms with E-state index in [-0.39, 0.29) is 12.3 Å². The molecule has 2 aliphatic heterocycles. The lowest BCUT2D eigenvalue weighted by Crippen LogP contribution is -2.42. The normalized spacial score (nSPS) is 21.1. The van der Waals surface area contributed by atoms with E-state index in [2.05, 4.69) is 33.6 Å². The summed E-state index contributed by atoms with van der Waals surface area (Å²) in [6.07, 6.45) is 1.66. The quantitative estimate of drug-likeness (QED) is 0.719. The summed E-state index contributed by atoms with van der Waals surface area (Å²) in [6, 6.07) is 4.86. The molecule has 0 saturated carbocycles. The van der Waals surface area contributed by atoms with E-state index in [1.165, 1.54) is 5.56 Å². The highest BCUT2D eigenvalue weighted by Gasteiger charge is 2.34. The number of amides is 4. The molecule has 8 nitrogen and oxygen atoms in total. The zero-order valence-corrected chi connectivity index (χ0v) is 14.5. The number of fused-ring (bicyclic) bond motifs is 1. The maximum absolute atomic E-state index is 12.4. The average Bonchev–Trinajstić information content (AvgIpc) is 3.17. The van der Waals surface area contributed by atoms with Crippen molar-refractivity contribution in [1.29, 1.82) is 0 Å². The lowest BCUT2D eigenvalue weighted by atomic mass is 9.95. The van der Waals surface area contributed by atoms with Crippen molar-refractivity contribution in [2.45, 2.75) is 38.1 Å². The van der Waals surface area contributed by atoms with Crippen molar-refractivity contribution in [3.63, 3.8) is 0 Å². The second kappa shape index (κ2) is 6.44. The number of carbonyl (C=O) groups is 3. The van der Waals surface area contributed by atoms with Gasteiger partial charge >= 0.3 is 6.03 Å². The summed E-state index contributed by atoms with van der Waals surface area (Å²) in [4.78, 5) is 45.0. The molecular weight excluding hydrogens is 334 g/mol. The highest BCUT2D eigenvalue weighted by atomic mass is 16.2. The van der Waals surface area contributed by atoms with Gasteiger partial charge in [0.05, 0.1) is 17.5 Å². The second-order valence-electron chi connectivity index (χ2n) is 7.02. The predicted octanol–water partition coefficient (Wildman–Crippen LogP) is 1.18. The van der Waals surface area contributed by atoms with Crippen molar-refractivity contribution < 1.29 is 14.4 Å². The number of likely N-dealkylation sites (tertiary alicyclic amines) is 1. The summed E-state index contributed by atoms with van der Waals surface area (Å²) in [5.74, 6) is 0.725. The summed E-state index contributed by atoms with van der Waals surface area (Å²) in [6.45, 7) is 3.31. The Balaban J connectivity index is 1.36. The number of aromatic nitrogens is 2. The van der Waals surface area contributed by atoms with E-state index >= 15 is 0 Å². The first kappa shape index (κ1) is 16.6. The third-order valence-electron chi connectivity index (χ3n) is 5.13. The van der Waals surface area contributed by atoms with Gasteiger partial charge in [0.2, 0.25) is 5.91 Å². The van der Waals surface area contributed by atoms with Gasteiger partial charge in [0.25, 0.3) is 5.91 Å². The SMILES string of the molecule is Cc1ccc2nc(C3CCN(C(=O)CC4NC(=O)NC4=O)CC3)[nH]c2c1. The van der Waals surface area contributed by atoms with E-state index in [1.807, 2.05) is 12.1 Å². The van der Waals surface area contributed by atoms with Gasteiger partial charge in [-0.1, -0.05) is 6.07 Å². The first-order valence-electron chi connectivity index (χ1n) is 8.85. The Labute approximate surface area is 150 Å². The molecule has 3 N–H and O–H groups in total. The van der Waals surface area contributed by atoms with Crippen LogP contribution < -0.4 is 10.6 Å². The molecule has 0 bridgehead atoms. The minimum atomic E-state index is -0.758. The first-order chi connectivity index (χ1) is 12.5.